The number of rotatable bonds is 3. The number of aliphatic hydroxyl groups is 1. The molecule has 0 bridgehead atoms. The van der Waals surface area contributed by atoms with Gasteiger partial charge in [-0.3, -0.25) is 4.79 Å². The van der Waals surface area contributed by atoms with Crippen molar-refractivity contribution in [3.63, 3.8) is 0 Å². The molecule has 1 fully saturated rings. The number of hydrogen-bond donors (Lipinski definition) is 2. The molecular formula is C17H21NO3. The van der Waals surface area contributed by atoms with Gasteiger partial charge >= 0.3 is 0 Å². The molecule has 1 heterocycles. The highest BCUT2D eigenvalue weighted by molar-refractivity contribution is 5.97. The van der Waals surface area contributed by atoms with Gasteiger partial charge in [0.05, 0.1) is 12.2 Å². The topological polar surface area (TPSA) is 58.6 Å². The number of aryl methyl sites for hydroxylation is 1. The van der Waals surface area contributed by atoms with Crippen molar-refractivity contribution in [2.24, 2.45) is 5.92 Å². The molecule has 0 spiro atoms. The Hall–Kier alpha value is -1.83. The lowest BCUT2D eigenvalue weighted by molar-refractivity contribution is 0.0922. The summed E-state index contributed by atoms with van der Waals surface area (Å²) in [6, 6.07) is 5.60. The summed E-state index contributed by atoms with van der Waals surface area (Å²) in [6.45, 7) is 5.20. The summed E-state index contributed by atoms with van der Waals surface area (Å²) in [7, 11) is 0. The summed E-state index contributed by atoms with van der Waals surface area (Å²) in [5.74, 6) is 5.68. The van der Waals surface area contributed by atoms with Crippen molar-refractivity contribution in [1.29, 1.82) is 0 Å². The summed E-state index contributed by atoms with van der Waals surface area (Å²) in [4.78, 5) is 12.4. The second-order valence-electron chi connectivity index (χ2n) is 5.39. The molecule has 2 N–H and O–H groups in total. The molecule has 0 saturated carbocycles. The minimum Gasteiger partial charge on any atom is -0.384 e. The van der Waals surface area contributed by atoms with Crippen molar-refractivity contribution in [2.75, 3.05) is 19.8 Å². The first kappa shape index (κ1) is 15.6. The second-order valence-corrected chi connectivity index (χ2v) is 5.39. The number of nitrogens with one attached hydrogen (secondary N) is 1. The maximum atomic E-state index is 12.4. The number of aliphatic hydroxyl groups excluding tert-OH is 1. The average Bonchev–Trinajstić information content (AvgIpc) is 2.99. The van der Waals surface area contributed by atoms with Gasteiger partial charge in [0.25, 0.3) is 5.91 Å². The van der Waals surface area contributed by atoms with Gasteiger partial charge in [-0.25, -0.2) is 0 Å². The van der Waals surface area contributed by atoms with Crippen LogP contribution in [0.2, 0.25) is 0 Å². The lowest BCUT2D eigenvalue weighted by atomic mass is 9.99. The molecule has 112 valence electrons. The zero-order chi connectivity index (χ0) is 15.2. The summed E-state index contributed by atoms with van der Waals surface area (Å²) in [5.41, 5.74) is 2.23. The Labute approximate surface area is 125 Å². The Morgan fingerprint density at radius 2 is 2.38 bits per heavy atom. The molecule has 2 unspecified atom stereocenters. The molecular weight excluding hydrogens is 266 g/mol. The van der Waals surface area contributed by atoms with Gasteiger partial charge in [-0.1, -0.05) is 17.9 Å². The normalized spacial score (nSPS) is 18.7. The molecule has 1 aliphatic heterocycles. The third-order valence-electron chi connectivity index (χ3n) is 3.75. The van der Waals surface area contributed by atoms with Crippen LogP contribution in [-0.4, -0.2) is 36.9 Å². The van der Waals surface area contributed by atoms with E-state index in [1.165, 1.54) is 0 Å². The molecule has 1 aromatic rings. The highest BCUT2D eigenvalue weighted by Crippen LogP contribution is 2.17. The average molecular weight is 287 g/mol. The smallest absolute Gasteiger partial charge is 0.252 e. The summed E-state index contributed by atoms with van der Waals surface area (Å²) < 4.78 is 5.36. The monoisotopic (exact) mass is 287 g/mol. The molecule has 1 saturated heterocycles. The number of benzene rings is 1. The van der Waals surface area contributed by atoms with Crippen LogP contribution in [0.1, 0.15) is 34.8 Å². The minimum absolute atomic E-state index is 0.0694. The molecule has 0 aromatic heterocycles. The number of amides is 1. The quantitative estimate of drug-likeness (QED) is 0.828. The van der Waals surface area contributed by atoms with Crippen LogP contribution in [0, 0.1) is 24.7 Å². The fourth-order valence-electron chi connectivity index (χ4n) is 2.44. The molecule has 4 nitrogen and oxygen atoms in total. The van der Waals surface area contributed by atoms with E-state index in [9.17, 15) is 4.79 Å². The van der Waals surface area contributed by atoms with Gasteiger partial charge in [0, 0.05) is 24.1 Å². The predicted molar refractivity (Wildman–Crippen MR) is 81.0 cm³/mol. The molecule has 1 amide bonds. The number of hydrogen-bond acceptors (Lipinski definition) is 3. The Morgan fingerprint density at radius 1 is 1.57 bits per heavy atom. The number of carbonyl (C=O) groups is 1. The fourth-order valence-corrected chi connectivity index (χ4v) is 2.44. The van der Waals surface area contributed by atoms with Crippen LogP contribution in [0.5, 0.6) is 0 Å². The van der Waals surface area contributed by atoms with Crippen LogP contribution in [0.25, 0.3) is 0 Å². The van der Waals surface area contributed by atoms with Crippen molar-refractivity contribution in [3.8, 4) is 11.8 Å². The second kappa shape index (κ2) is 7.26. The third kappa shape index (κ3) is 4.07. The van der Waals surface area contributed by atoms with E-state index >= 15 is 0 Å². The first-order valence-electron chi connectivity index (χ1n) is 7.21. The van der Waals surface area contributed by atoms with Gasteiger partial charge in [-0.05, 0) is 38.0 Å². The van der Waals surface area contributed by atoms with Crippen LogP contribution in [-0.2, 0) is 4.74 Å². The predicted octanol–water partition coefficient (Wildman–Crippen LogP) is 1.49. The minimum atomic E-state index is -0.217. The number of carbonyl (C=O) groups excluding carboxylic acids is 1. The van der Waals surface area contributed by atoms with Gasteiger partial charge < -0.3 is 15.2 Å². The zero-order valence-electron chi connectivity index (χ0n) is 12.5. The van der Waals surface area contributed by atoms with Crippen molar-refractivity contribution >= 4 is 5.91 Å². The maximum absolute atomic E-state index is 12.4. The van der Waals surface area contributed by atoms with Gasteiger partial charge in [-0.2, -0.15) is 0 Å². The Kier molecular flexibility index (Phi) is 5.38. The molecule has 1 aromatic carbocycles. The largest absolute Gasteiger partial charge is 0.384 e. The van der Waals surface area contributed by atoms with E-state index in [2.05, 4.69) is 17.2 Å². The van der Waals surface area contributed by atoms with E-state index in [1.54, 1.807) is 6.07 Å². The summed E-state index contributed by atoms with van der Waals surface area (Å²) >= 11 is 0. The molecule has 2 rings (SSSR count). The lowest BCUT2D eigenvalue weighted by Crippen LogP contribution is -2.38. The zero-order valence-corrected chi connectivity index (χ0v) is 12.5. The Bertz CT molecular complexity index is 565. The van der Waals surface area contributed by atoms with E-state index in [0.717, 1.165) is 18.6 Å². The van der Waals surface area contributed by atoms with Crippen molar-refractivity contribution < 1.29 is 14.6 Å². The van der Waals surface area contributed by atoms with Crippen LogP contribution in [0.4, 0.5) is 0 Å². The molecule has 1 aliphatic rings. The van der Waals surface area contributed by atoms with Crippen LogP contribution >= 0.6 is 0 Å². The molecule has 0 radical (unpaired) electrons. The first-order valence-corrected chi connectivity index (χ1v) is 7.21. The van der Waals surface area contributed by atoms with Gasteiger partial charge in [0.15, 0.2) is 0 Å². The van der Waals surface area contributed by atoms with Crippen LogP contribution in [0.3, 0.4) is 0 Å². The summed E-state index contributed by atoms with van der Waals surface area (Å²) in [6.07, 6.45) is 0.979. The van der Waals surface area contributed by atoms with E-state index in [4.69, 9.17) is 9.84 Å². The SMILES string of the molecule is Cc1ccc(C(=O)NC(C)C2CCOC2)c(C#CCO)c1. The Balaban J connectivity index is 2.14. The van der Waals surface area contributed by atoms with E-state index in [-0.39, 0.29) is 18.6 Å². The molecule has 4 heteroatoms. The third-order valence-corrected chi connectivity index (χ3v) is 3.75. The molecule has 2 atom stereocenters. The van der Waals surface area contributed by atoms with Crippen LogP contribution < -0.4 is 5.32 Å². The first-order chi connectivity index (χ1) is 10.1. The van der Waals surface area contributed by atoms with Crippen LogP contribution in [0.15, 0.2) is 18.2 Å². The van der Waals surface area contributed by atoms with E-state index < -0.39 is 0 Å². The van der Waals surface area contributed by atoms with Gasteiger partial charge in [0.1, 0.15) is 6.61 Å². The maximum Gasteiger partial charge on any atom is 0.252 e. The Morgan fingerprint density at radius 3 is 3.05 bits per heavy atom. The number of ether oxygens (including phenoxy) is 1. The highest BCUT2D eigenvalue weighted by atomic mass is 16.5. The fraction of sp³-hybridized carbons (Fsp3) is 0.471. The van der Waals surface area contributed by atoms with E-state index in [1.807, 2.05) is 26.0 Å². The van der Waals surface area contributed by atoms with Crippen molar-refractivity contribution in [2.45, 2.75) is 26.3 Å². The van der Waals surface area contributed by atoms with Gasteiger partial charge in [0.2, 0.25) is 0 Å². The highest BCUT2D eigenvalue weighted by Gasteiger charge is 2.24. The van der Waals surface area contributed by atoms with Crippen molar-refractivity contribution in [3.05, 3.63) is 34.9 Å². The van der Waals surface area contributed by atoms with Crippen molar-refractivity contribution in [1.82, 2.24) is 5.32 Å². The molecule has 21 heavy (non-hydrogen) atoms. The van der Waals surface area contributed by atoms with E-state index in [0.29, 0.717) is 23.7 Å². The standard InChI is InChI=1S/C17H21NO3/c1-12-5-6-16(14(10-12)4-3-8-19)17(20)18-13(2)15-7-9-21-11-15/h5-6,10,13,15,19H,7-9,11H2,1-2H3,(H,18,20). The van der Waals surface area contributed by atoms with Gasteiger partial charge in [-0.15, -0.1) is 0 Å². The lowest BCUT2D eigenvalue weighted by Gasteiger charge is -2.19. The molecule has 0 aliphatic carbocycles. The summed E-state index contributed by atoms with van der Waals surface area (Å²) in [5, 5.41) is 11.9.